The average molecular weight is 295 g/mol. The number of carbonyl (C=O) groups excluding carboxylic acids is 2. The van der Waals surface area contributed by atoms with Crippen LogP contribution in [0.25, 0.3) is 0 Å². The van der Waals surface area contributed by atoms with E-state index in [-0.39, 0.29) is 43.0 Å². The molecule has 21 heavy (non-hydrogen) atoms. The number of likely N-dealkylation sites (N-methyl/N-ethyl adjacent to an activating group) is 1. The summed E-state index contributed by atoms with van der Waals surface area (Å²) in [6.07, 6.45) is 0.238. The largest absolute Gasteiger partial charge is 0.466 e. The van der Waals surface area contributed by atoms with E-state index in [1.165, 1.54) is 6.07 Å². The lowest BCUT2D eigenvalue weighted by molar-refractivity contribution is -0.144. The number of rotatable bonds is 8. The summed E-state index contributed by atoms with van der Waals surface area (Å²) >= 11 is 0. The maximum atomic E-state index is 13.7. The lowest BCUT2D eigenvalue weighted by Gasteiger charge is -2.24. The Balaban J connectivity index is 2.49. The predicted molar refractivity (Wildman–Crippen MR) is 78.3 cm³/mol. The molecule has 1 rings (SSSR count). The third-order valence-electron chi connectivity index (χ3n) is 3.36. The first-order valence-electron chi connectivity index (χ1n) is 7.07. The van der Waals surface area contributed by atoms with Crippen LogP contribution in [0.5, 0.6) is 0 Å². The Kier molecular flexibility index (Phi) is 7.02. The van der Waals surface area contributed by atoms with Crippen molar-refractivity contribution in [2.75, 3.05) is 20.2 Å². The number of halogens is 1. The molecule has 0 aliphatic rings. The smallest absolute Gasteiger partial charge is 0.306 e. The normalized spacial score (nSPS) is 12.2. The van der Waals surface area contributed by atoms with Gasteiger partial charge >= 0.3 is 5.97 Å². The second kappa shape index (κ2) is 8.52. The van der Waals surface area contributed by atoms with Gasteiger partial charge in [-0.2, -0.15) is 0 Å². The van der Waals surface area contributed by atoms with Gasteiger partial charge in [0.05, 0.1) is 19.6 Å². The SMILES string of the molecule is CCOC(=O)CCC(=O)CN(C)C(C)c1ccccc1F. The monoisotopic (exact) mass is 295 g/mol. The van der Waals surface area contributed by atoms with Crippen molar-refractivity contribution in [3.8, 4) is 0 Å². The molecule has 0 bridgehead atoms. The molecule has 0 aliphatic heterocycles. The van der Waals surface area contributed by atoms with E-state index in [4.69, 9.17) is 4.74 Å². The predicted octanol–water partition coefficient (Wildman–Crippen LogP) is 2.73. The molecule has 0 saturated carbocycles. The van der Waals surface area contributed by atoms with Gasteiger partial charge in [-0.15, -0.1) is 0 Å². The second-order valence-electron chi connectivity index (χ2n) is 4.96. The Hall–Kier alpha value is -1.75. The lowest BCUT2D eigenvalue weighted by Crippen LogP contribution is -2.29. The molecule has 0 heterocycles. The fourth-order valence-corrected chi connectivity index (χ4v) is 2.02. The quantitative estimate of drug-likeness (QED) is 0.692. The topological polar surface area (TPSA) is 46.6 Å². The molecular formula is C16H22FNO3. The van der Waals surface area contributed by atoms with Gasteiger partial charge in [-0.05, 0) is 27.0 Å². The van der Waals surface area contributed by atoms with E-state index in [2.05, 4.69) is 0 Å². The number of hydrogen-bond donors (Lipinski definition) is 0. The Morgan fingerprint density at radius 3 is 2.57 bits per heavy atom. The molecule has 0 saturated heterocycles. The zero-order valence-electron chi connectivity index (χ0n) is 12.8. The zero-order valence-corrected chi connectivity index (χ0v) is 12.8. The molecule has 4 nitrogen and oxygen atoms in total. The summed E-state index contributed by atoms with van der Waals surface area (Å²) < 4.78 is 18.5. The van der Waals surface area contributed by atoms with E-state index in [1.54, 1.807) is 37.1 Å². The average Bonchev–Trinajstić information content (AvgIpc) is 2.45. The summed E-state index contributed by atoms with van der Waals surface area (Å²) in [5, 5.41) is 0. The van der Waals surface area contributed by atoms with Crippen LogP contribution in [0, 0.1) is 5.82 Å². The molecule has 1 aromatic rings. The van der Waals surface area contributed by atoms with Crippen LogP contribution in [0.1, 0.15) is 38.3 Å². The maximum Gasteiger partial charge on any atom is 0.306 e. The van der Waals surface area contributed by atoms with Crippen molar-refractivity contribution in [1.29, 1.82) is 0 Å². The lowest BCUT2D eigenvalue weighted by atomic mass is 10.1. The van der Waals surface area contributed by atoms with Gasteiger partial charge in [0.25, 0.3) is 0 Å². The standard InChI is InChI=1S/C16H22FNO3/c1-4-21-16(20)10-9-13(19)11-18(3)12(2)14-7-5-6-8-15(14)17/h5-8,12H,4,9-11H2,1-3H3. The molecular weight excluding hydrogens is 273 g/mol. The van der Waals surface area contributed by atoms with Crippen LogP contribution in [-0.2, 0) is 14.3 Å². The van der Waals surface area contributed by atoms with Crippen LogP contribution in [0.4, 0.5) is 4.39 Å². The van der Waals surface area contributed by atoms with E-state index in [9.17, 15) is 14.0 Å². The van der Waals surface area contributed by atoms with Crippen molar-refractivity contribution in [2.24, 2.45) is 0 Å². The van der Waals surface area contributed by atoms with Gasteiger partial charge < -0.3 is 4.74 Å². The van der Waals surface area contributed by atoms with Crippen LogP contribution in [0.2, 0.25) is 0 Å². The first-order chi connectivity index (χ1) is 9.95. The Morgan fingerprint density at radius 1 is 1.29 bits per heavy atom. The van der Waals surface area contributed by atoms with Crippen molar-refractivity contribution >= 4 is 11.8 Å². The van der Waals surface area contributed by atoms with Crippen LogP contribution < -0.4 is 0 Å². The molecule has 0 fully saturated rings. The number of Topliss-reactive ketones (excluding diaryl/α,β-unsaturated/α-hetero) is 1. The van der Waals surface area contributed by atoms with E-state index < -0.39 is 0 Å². The second-order valence-corrected chi connectivity index (χ2v) is 4.96. The van der Waals surface area contributed by atoms with Crippen molar-refractivity contribution < 1.29 is 18.7 Å². The highest BCUT2D eigenvalue weighted by atomic mass is 19.1. The Labute approximate surface area is 124 Å². The molecule has 1 atom stereocenters. The van der Waals surface area contributed by atoms with Crippen LogP contribution >= 0.6 is 0 Å². The minimum atomic E-state index is -0.365. The molecule has 1 aromatic carbocycles. The highest BCUT2D eigenvalue weighted by Gasteiger charge is 2.18. The minimum absolute atomic E-state index is 0.0613. The van der Waals surface area contributed by atoms with Gasteiger partial charge in [0.1, 0.15) is 11.6 Å². The molecule has 0 amide bonds. The van der Waals surface area contributed by atoms with Crippen molar-refractivity contribution in [1.82, 2.24) is 4.90 Å². The molecule has 0 spiro atoms. The zero-order chi connectivity index (χ0) is 15.8. The minimum Gasteiger partial charge on any atom is -0.466 e. The number of ketones is 1. The molecule has 1 unspecified atom stereocenters. The highest BCUT2D eigenvalue weighted by Crippen LogP contribution is 2.21. The summed E-state index contributed by atoms with van der Waals surface area (Å²) in [4.78, 5) is 24.8. The molecule has 0 aromatic heterocycles. The summed E-state index contributed by atoms with van der Waals surface area (Å²) in [7, 11) is 1.76. The van der Waals surface area contributed by atoms with Crippen molar-refractivity contribution in [3.05, 3.63) is 35.6 Å². The number of esters is 1. The molecule has 0 N–H and O–H groups in total. The van der Waals surface area contributed by atoms with E-state index in [0.717, 1.165) is 0 Å². The maximum absolute atomic E-state index is 13.7. The van der Waals surface area contributed by atoms with Gasteiger partial charge in [0.15, 0.2) is 0 Å². The van der Waals surface area contributed by atoms with Crippen molar-refractivity contribution in [2.45, 2.75) is 32.7 Å². The number of ether oxygens (including phenoxy) is 1. The van der Waals surface area contributed by atoms with Crippen molar-refractivity contribution in [3.63, 3.8) is 0 Å². The van der Waals surface area contributed by atoms with Crippen LogP contribution in [0.15, 0.2) is 24.3 Å². The molecule has 5 heteroatoms. The number of nitrogens with zero attached hydrogens (tertiary/aromatic N) is 1. The summed E-state index contributed by atoms with van der Waals surface area (Å²) in [6.45, 7) is 4.06. The van der Waals surface area contributed by atoms with Gasteiger partial charge in [-0.3, -0.25) is 14.5 Å². The summed E-state index contributed by atoms with van der Waals surface area (Å²) in [5.74, 6) is -0.708. The molecule has 0 radical (unpaired) electrons. The summed E-state index contributed by atoms with van der Waals surface area (Å²) in [6, 6.07) is 6.31. The van der Waals surface area contributed by atoms with Gasteiger partial charge in [0, 0.05) is 18.0 Å². The van der Waals surface area contributed by atoms with Gasteiger partial charge in [-0.25, -0.2) is 4.39 Å². The number of benzene rings is 1. The molecule has 0 aliphatic carbocycles. The first-order valence-corrected chi connectivity index (χ1v) is 7.07. The van der Waals surface area contributed by atoms with E-state index in [1.807, 2.05) is 6.92 Å². The van der Waals surface area contributed by atoms with Crippen LogP contribution in [0.3, 0.4) is 0 Å². The third-order valence-corrected chi connectivity index (χ3v) is 3.36. The Morgan fingerprint density at radius 2 is 1.95 bits per heavy atom. The first kappa shape index (κ1) is 17.3. The Bertz CT molecular complexity index is 490. The summed E-state index contributed by atoms with van der Waals surface area (Å²) in [5.41, 5.74) is 0.554. The molecule has 116 valence electrons. The third kappa shape index (κ3) is 5.63. The van der Waals surface area contributed by atoms with Crippen LogP contribution in [-0.4, -0.2) is 36.9 Å². The fourth-order valence-electron chi connectivity index (χ4n) is 2.02. The highest BCUT2D eigenvalue weighted by molar-refractivity contribution is 5.84. The fraction of sp³-hybridized carbons (Fsp3) is 0.500. The van der Waals surface area contributed by atoms with Gasteiger partial charge in [-0.1, -0.05) is 18.2 Å². The number of hydrogen-bond acceptors (Lipinski definition) is 4. The number of carbonyl (C=O) groups is 2. The van der Waals surface area contributed by atoms with Gasteiger partial charge in [0.2, 0.25) is 0 Å². The van der Waals surface area contributed by atoms with E-state index in [0.29, 0.717) is 12.2 Å². The van der Waals surface area contributed by atoms with E-state index >= 15 is 0 Å².